The lowest BCUT2D eigenvalue weighted by Crippen LogP contribution is -2.64. The quantitative estimate of drug-likeness (QED) is 0.327. The predicted molar refractivity (Wildman–Crippen MR) is 135 cm³/mol. The van der Waals surface area contributed by atoms with E-state index in [0.717, 1.165) is 13.1 Å². The number of amides is 2. The summed E-state index contributed by atoms with van der Waals surface area (Å²) in [6.07, 6.45) is 1.82. The number of carbonyl (C=O) groups excluding carboxylic acids is 2. The number of nitrogens with one attached hydrogen (secondary N) is 3. The second-order valence-corrected chi connectivity index (χ2v) is 9.46. The molecule has 2 fully saturated rings. The van der Waals surface area contributed by atoms with E-state index in [0.29, 0.717) is 35.6 Å². The van der Waals surface area contributed by atoms with Crippen LogP contribution in [0.3, 0.4) is 0 Å². The molecule has 36 heavy (non-hydrogen) atoms. The van der Waals surface area contributed by atoms with Crippen LogP contribution in [-0.4, -0.2) is 96.4 Å². The Labute approximate surface area is 213 Å². The Kier molecular flexibility index (Phi) is 8.44. The third-order valence-electron chi connectivity index (χ3n) is 6.41. The molecule has 2 aliphatic heterocycles. The summed E-state index contributed by atoms with van der Waals surface area (Å²) in [4.78, 5) is 38.6. The van der Waals surface area contributed by atoms with Gasteiger partial charge in [0, 0.05) is 57.2 Å². The van der Waals surface area contributed by atoms with E-state index in [4.69, 9.17) is 23.1 Å². The van der Waals surface area contributed by atoms with Gasteiger partial charge in [0.25, 0.3) is 5.91 Å². The SMILES string of the molecule is CN1CCN(C(=O)c2cnc(-c3ccncc3NC(=O)C(C(N)N)C3NCC(F)CN3)c(Cl)c2)CC1. The summed E-state index contributed by atoms with van der Waals surface area (Å²) in [7, 11) is 2.02. The second-order valence-electron chi connectivity index (χ2n) is 9.05. The van der Waals surface area contributed by atoms with Crippen molar-refractivity contribution in [3.63, 3.8) is 0 Å². The predicted octanol–water partition coefficient (Wildman–Crippen LogP) is -0.160. The fraction of sp³-hybridized carbons (Fsp3) is 0.478. The van der Waals surface area contributed by atoms with Crippen LogP contribution in [0, 0.1) is 5.92 Å². The third-order valence-corrected chi connectivity index (χ3v) is 6.70. The van der Waals surface area contributed by atoms with Crippen LogP contribution < -0.4 is 27.4 Å². The van der Waals surface area contributed by atoms with Crippen molar-refractivity contribution in [1.82, 2.24) is 30.4 Å². The topological polar surface area (TPSA) is 155 Å². The molecule has 0 bridgehead atoms. The van der Waals surface area contributed by atoms with Gasteiger partial charge in [-0.05, 0) is 19.2 Å². The molecule has 194 valence electrons. The molecule has 2 amide bonds. The molecular weight excluding hydrogens is 489 g/mol. The normalized spacial score (nSPS) is 21.9. The lowest BCUT2D eigenvalue weighted by Gasteiger charge is -2.34. The fourth-order valence-electron chi connectivity index (χ4n) is 4.32. The Balaban J connectivity index is 1.53. The van der Waals surface area contributed by atoms with Crippen molar-refractivity contribution in [2.75, 3.05) is 51.6 Å². The number of aromatic nitrogens is 2. The standard InChI is InChI=1S/C23H31ClFN9O2/c1-33-4-6-34(7-5-33)23(36)13-8-16(24)19(29-9-13)15-2-3-28-12-17(15)32-22(35)18(20(26)27)21-30-10-14(25)11-31-21/h2-3,8-9,12,14,18,20-21,30-31H,4-7,10-11,26-27H2,1H3,(H,32,35). The van der Waals surface area contributed by atoms with Crippen LogP contribution in [0.15, 0.2) is 30.7 Å². The highest BCUT2D eigenvalue weighted by Gasteiger charge is 2.35. The molecule has 7 N–H and O–H groups in total. The highest BCUT2D eigenvalue weighted by atomic mass is 35.5. The van der Waals surface area contributed by atoms with Crippen LogP contribution in [0.25, 0.3) is 11.3 Å². The Morgan fingerprint density at radius 3 is 2.53 bits per heavy atom. The minimum absolute atomic E-state index is 0.0883. The van der Waals surface area contributed by atoms with Gasteiger partial charge in [-0.2, -0.15) is 0 Å². The van der Waals surface area contributed by atoms with E-state index in [1.807, 2.05) is 7.05 Å². The molecule has 0 aromatic carbocycles. The molecule has 0 spiro atoms. The number of rotatable bonds is 6. The smallest absolute Gasteiger partial charge is 0.255 e. The molecule has 1 unspecified atom stereocenters. The van der Waals surface area contributed by atoms with Gasteiger partial charge < -0.3 is 26.6 Å². The summed E-state index contributed by atoms with van der Waals surface area (Å²) in [5, 5.41) is 8.91. The van der Waals surface area contributed by atoms with Crippen molar-refractivity contribution in [3.05, 3.63) is 41.3 Å². The molecule has 13 heteroatoms. The van der Waals surface area contributed by atoms with Gasteiger partial charge in [-0.15, -0.1) is 0 Å². The Bertz CT molecular complexity index is 1090. The van der Waals surface area contributed by atoms with Gasteiger partial charge in [0.2, 0.25) is 5.91 Å². The van der Waals surface area contributed by atoms with Crippen LogP contribution in [0.2, 0.25) is 5.02 Å². The molecule has 2 saturated heterocycles. The summed E-state index contributed by atoms with van der Waals surface area (Å²) in [6.45, 7) is 3.06. The molecule has 4 heterocycles. The fourth-order valence-corrected chi connectivity index (χ4v) is 4.59. The molecule has 0 aliphatic carbocycles. The molecule has 11 nitrogen and oxygen atoms in total. The first-order valence-corrected chi connectivity index (χ1v) is 12.1. The molecule has 1 atom stereocenters. The molecule has 2 aliphatic rings. The maximum absolute atomic E-state index is 13.5. The zero-order chi connectivity index (χ0) is 25.8. The number of likely N-dealkylation sites (N-methyl/N-ethyl adjacent to an activating group) is 1. The van der Waals surface area contributed by atoms with Crippen LogP contribution in [0.4, 0.5) is 10.1 Å². The van der Waals surface area contributed by atoms with Crippen molar-refractivity contribution in [1.29, 1.82) is 0 Å². The van der Waals surface area contributed by atoms with E-state index in [1.54, 1.807) is 23.2 Å². The molecule has 4 rings (SSSR count). The first-order valence-electron chi connectivity index (χ1n) is 11.7. The van der Waals surface area contributed by atoms with Crippen LogP contribution in [0.1, 0.15) is 10.4 Å². The number of carbonyl (C=O) groups is 2. The number of pyridine rings is 2. The number of alkyl halides is 1. The minimum atomic E-state index is -1.07. The number of hydrogen-bond donors (Lipinski definition) is 5. The average molecular weight is 520 g/mol. The number of anilines is 1. The monoisotopic (exact) mass is 519 g/mol. The lowest BCUT2D eigenvalue weighted by molar-refractivity contribution is -0.122. The number of nitrogens with two attached hydrogens (primary N) is 2. The Morgan fingerprint density at radius 1 is 1.19 bits per heavy atom. The highest BCUT2D eigenvalue weighted by Crippen LogP contribution is 2.32. The first-order chi connectivity index (χ1) is 17.2. The maximum atomic E-state index is 13.5. The zero-order valence-electron chi connectivity index (χ0n) is 20.0. The maximum Gasteiger partial charge on any atom is 0.255 e. The van der Waals surface area contributed by atoms with Gasteiger partial charge in [-0.1, -0.05) is 11.6 Å². The van der Waals surface area contributed by atoms with Crippen molar-refractivity contribution in [2.45, 2.75) is 18.5 Å². The minimum Gasteiger partial charge on any atom is -0.336 e. The van der Waals surface area contributed by atoms with Gasteiger partial charge >= 0.3 is 0 Å². The van der Waals surface area contributed by atoms with Gasteiger partial charge in [-0.3, -0.25) is 30.2 Å². The number of halogens is 2. The van der Waals surface area contributed by atoms with Crippen molar-refractivity contribution in [3.8, 4) is 11.3 Å². The van der Waals surface area contributed by atoms with Gasteiger partial charge in [0.05, 0.1) is 46.4 Å². The van der Waals surface area contributed by atoms with Crippen LogP contribution >= 0.6 is 11.6 Å². The highest BCUT2D eigenvalue weighted by molar-refractivity contribution is 6.33. The van der Waals surface area contributed by atoms with Crippen molar-refractivity contribution < 1.29 is 14.0 Å². The Hall–Kier alpha value is -2.74. The summed E-state index contributed by atoms with van der Waals surface area (Å²) >= 11 is 6.56. The summed E-state index contributed by atoms with van der Waals surface area (Å²) in [5.74, 6) is -1.49. The number of hydrogen-bond acceptors (Lipinski definition) is 9. The third kappa shape index (κ3) is 5.97. The summed E-state index contributed by atoms with van der Waals surface area (Å²) < 4.78 is 13.5. The van der Waals surface area contributed by atoms with E-state index in [9.17, 15) is 14.0 Å². The van der Waals surface area contributed by atoms with E-state index in [2.05, 4.69) is 30.8 Å². The van der Waals surface area contributed by atoms with Gasteiger partial charge in [0.1, 0.15) is 6.17 Å². The largest absolute Gasteiger partial charge is 0.336 e. The van der Waals surface area contributed by atoms with E-state index in [1.165, 1.54) is 12.4 Å². The zero-order valence-corrected chi connectivity index (χ0v) is 20.7. The molecule has 2 aromatic rings. The molecule has 0 radical (unpaired) electrons. The van der Waals surface area contributed by atoms with E-state index < -0.39 is 30.3 Å². The average Bonchev–Trinajstić information content (AvgIpc) is 2.86. The number of piperazine rings is 1. The molecule has 0 saturated carbocycles. The number of nitrogens with zero attached hydrogens (tertiary/aromatic N) is 4. The van der Waals surface area contributed by atoms with Crippen molar-refractivity contribution >= 4 is 29.1 Å². The summed E-state index contributed by atoms with van der Waals surface area (Å²) in [6, 6.07) is 3.24. The lowest BCUT2D eigenvalue weighted by atomic mass is 9.99. The van der Waals surface area contributed by atoms with Crippen LogP contribution in [-0.2, 0) is 4.79 Å². The van der Waals surface area contributed by atoms with Crippen molar-refractivity contribution in [2.24, 2.45) is 17.4 Å². The molecular formula is C23H31ClFN9O2. The second kappa shape index (κ2) is 11.5. The van der Waals surface area contributed by atoms with E-state index >= 15 is 0 Å². The summed E-state index contributed by atoms with van der Waals surface area (Å²) in [5.41, 5.74) is 13.4. The van der Waals surface area contributed by atoms with Gasteiger partial charge in [0.15, 0.2) is 0 Å². The van der Waals surface area contributed by atoms with Crippen LogP contribution in [0.5, 0.6) is 0 Å². The Morgan fingerprint density at radius 2 is 1.89 bits per heavy atom. The first kappa shape index (κ1) is 26.3. The molecule has 2 aromatic heterocycles. The van der Waals surface area contributed by atoms with Gasteiger partial charge in [-0.25, -0.2) is 4.39 Å². The van der Waals surface area contributed by atoms with E-state index in [-0.39, 0.29) is 24.0 Å².